The van der Waals surface area contributed by atoms with Gasteiger partial charge in [0, 0.05) is 30.5 Å². The first-order valence-corrected chi connectivity index (χ1v) is 7.63. The molecule has 0 aliphatic heterocycles. The van der Waals surface area contributed by atoms with Crippen LogP contribution >= 0.6 is 0 Å². The number of nitrogens with zero attached hydrogens (tertiary/aromatic N) is 2. The van der Waals surface area contributed by atoms with Gasteiger partial charge in [-0.1, -0.05) is 12.8 Å². The molecule has 5 heteroatoms. The highest BCUT2D eigenvalue weighted by molar-refractivity contribution is 5.76. The summed E-state index contributed by atoms with van der Waals surface area (Å²) in [6.07, 6.45) is 9.69. The Bertz CT molecular complexity index is 452. The maximum absolute atomic E-state index is 12.1. The number of hydrogen-bond acceptors (Lipinski definition) is 3. The summed E-state index contributed by atoms with van der Waals surface area (Å²) in [5, 5.41) is 7.27. The third-order valence-corrected chi connectivity index (χ3v) is 4.89. The summed E-state index contributed by atoms with van der Waals surface area (Å²) in [6.45, 7) is 3.12. The van der Waals surface area contributed by atoms with Gasteiger partial charge in [0.05, 0.1) is 6.10 Å². The molecule has 2 aliphatic carbocycles. The SMILES string of the molecule is CCO[C@H]1C[C@@H](NC(=O)Cn2cccn2)C12CCCC2. The van der Waals surface area contributed by atoms with E-state index >= 15 is 0 Å². The Morgan fingerprint density at radius 1 is 1.50 bits per heavy atom. The molecule has 0 bridgehead atoms. The summed E-state index contributed by atoms with van der Waals surface area (Å²) in [4.78, 5) is 12.1. The number of carbonyl (C=O) groups excluding carboxylic acids is 1. The summed E-state index contributed by atoms with van der Waals surface area (Å²) < 4.78 is 7.53. The van der Waals surface area contributed by atoms with Gasteiger partial charge in [-0.2, -0.15) is 5.10 Å². The van der Waals surface area contributed by atoms with Gasteiger partial charge in [0.2, 0.25) is 5.91 Å². The number of aromatic nitrogens is 2. The Balaban J connectivity index is 1.59. The van der Waals surface area contributed by atoms with Gasteiger partial charge < -0.3 is 10.1 Å². The minimum Gasteiger partial charge on any atom is -0.378 e. The molecule has 1 spiro atoms. The van der Waals surface area contributed by atoms with Crippen LogP contribution in [0.3, 0.4) is 0 Å². The highest BCUT2D eigenvalue weighted by atomic mass is 16.5. The molecular weight excluding hydrogens is 254 g/mol. The van der Waals surface area contributed by atoms with Crippen molar-refractivity contribution in [2.75, 3.05) is 6.61 Å². The molecule has 2 fully saturated rings. The highest BCUT2D eigenvalue weighted by Gasteiger charge is 2.57. The van der Waals surface area contributed by atoms with E-state index in [9.17, 15) is 4.79 Å². The zero-order chi connectivity index (χ0) is 14.0. The molecule has 0 unspecified atom stereocenters. The lowest BCUT2D eigenvalue weighted by molar-refractivity contribution is -0.144. The van der Waals surface area contributed by atoms with Crippen LogP contribution in [0.1, 0.15) is 39.0 Å². The first-order chi connectivity index (χ1) is 9.74. The molecule has 0 radical (unpaired) electrons. The average molecular weight is 277 g/mol. The third-order valence-electron chi connectivity index (χ3n) is 4.89. The summed E-state index contributed by atoms with van der Waals surface area (Å²) in [5.74, 6) is 0.0555. The van der Waals surface area contributed by atoms with Crippen molar-refractivity contribution in [1.29, 1.82) is 0 Å². The van der Waals surface area contributed by atoms with Gasteiger partial charge in [-0.05, 0) is 32.3 Å². The summed E-state index contributed by atoms with van der Waals surface area (Å²) in [7, 11) is 0. The Hall–Kier alpha value is -1.36. The fourth-order valence-electron chi connectivity index (χ4n) is 3.87. The molecule has 0 aromatic carbocycles. The minimum atomic E-state index is 0.0555. The third kappa shape index (κ3) is 2.35. The lowest BCUT2D eigenvalue weighted by atomic mass is 9.60. The van der Waals surface area contributed by atoms with Crippen molar-refractivity contribution >= 4 is 5.91 Å². The molecule has 1 amide bonds. The van der Waals surface area contributed by atoms with E-state index < -0.39 is 0 Å². The van der Waals surface area contributed by atoms with Gasteiger partial charge in [-0.25, -0.2) is 0 Å². The number of carbonyl (C=O) groups is 1. The van der Waals surface area contributed by atoms with Crippen LogP contribution in [-0.4, -0.2) is 34.4 Å². The van der Waals surface area contributed by atoms with Crippen LogP contribution in [0.25, 0.3) is 0 Å². The second kappa shape index (κ2) is 5.56. The molecule has 5 nitrogen and oxygen atoms in total. The number of hydrogen-bond donors (Lipinski definition) is 1. The van der Waals surface area contributed by atoms with Crippen molar-refractivity contribution < 1.29 is 9.53 Å². The fourth-order valence-corrected chi connectivity index (χ4v) is 3.87. The van der Waals surface area contributed by atoms with E-state index in [1.54, 1.807) is 10.9 Å². The first-order valence-electron chi connectivity index (χ1n) is 7.63. The van der Waals surface area contributed by atoms with Gasteiger partial charge in [0.1, 0.15) is 6.54 Å². The standard InChI is InChI=1S/C15H23N3O2/c1-2-20-13-10-12(15(13)6-3-4-7-15)17-14(19)11-18-9-5-8-16-18/h5,8-9,12-13H,2-4,6-7,10-11H2,1H3,(H,17,19)/t12-,13+/m1/s1. The van der Waals surface area contributed by atoms with Gasteiger partial charge in [-0.15, -0.1) is 0 Å². The molecule has 1 aromatic rings. The Morgan fingerprint density at radius 2 is 2.30 bits per heavy atom. The molecule has 2 saturated carbocycles. The Labute approximate surface area is 119 Å². The lowest BCUT2D eigenvalue weighted by Gasteiger charge is -2.54. The largest absolute Gasteiger partial charge is 0.378 e. The molecule has 2 atom stereocenters. The smallest absolute Gasteiger partial charge is 0.241 e. The van der Waals surface area contributed by atoms with E-state index in [0.717, 1.165) is 13.0 Å². The number of rotatable bonds is 5. The van der Waals surface area contributed by atoms with Crippen molar-refractivity contribution in [2.45, 2.75) is 57.7 Å². The number of nitrogens with one attached hydrogen (secondary N) is 1. The molecule has 110 valence electrons. The zero-order valence-electron chi connectivity index (χ0n) is 12.0. The topological polar surface area (TPSA) is 56.1 Å². The van der Waals surface area contributed by atoms with Crippen LogP contribution in [0.2, 0.25) is 0 Å². The summed E-state index contributed by atoms with van der Waals surface area (Å²) in [6, 6.07) is 2.12. The Kier molecular flexibility index (Phi) is 3.78. The molecule has 1 heterocycles. The second-order valence-electron chi connectivity index (χ2n) is 5.94. The van der Waals surface area contributed by atoms with E-state index in [1.807, 2.05) is 19.2 Å². The van der Waals surface area contributed by atoms with E-state index in [-0.39, 0.29) is 17.4 Å². The first kappa shape index (κ1) is 13.6. The van der Waals surface area contributed by atoms with E-state index in [2.05, 4.69) is 10.4 Å². The van der Waals surface area contributed by atoms with Gasteiger partial charge in [0.25, 0.3) is 0 Å². The van der Waals surface area contributed by atoms with Gasteiger partial charge >= 0.3 is 0 Å². The van der Waals surface area contributed by atoms with Crippen LogP contribution in [-0.2, 0) is 16.1 Å². The van der Waals surface area contributed by atoms with Crippen molar-refractivity contribution in [3.63, 3.8) is 0 Å². The zero-order valence-corrected chi connectivity index (χ0v) is 12.0. The lowest BCUT2D eigenvalue weighted by Crippen LogP contribution is -2.64. The average Bonchev–Trinajstić information content (AvgIpc) is 3.09. The second-order valence-corrected chi connectivity index (χ2v) is 5.94. The molecule has 3 rings (SSSR count). The van der Waals surface area contributed by atoms with Gasteiger partial charge in [0.15, 0.2) is 0 Å². The molecule has 1 N–H and O–H groups in total. The molecular formula is C15H23N3O2. The van der Waals surface area contributed by atoms with E-state index in [4.69, 9.17) is 4.74 Å². The van der Waals surface area contributed by atoms with Crippen molar-refractivity contribution in [1.82, 2.24) is 15.1 Å². The predicted molar refractivity (Wildman–Crippen MR) is 75.1 cm³/mol. The minimum absolute atomic E-state index is 0.0555. The van der Waals surface area contributed by atoms with E-state index in [1.165, 1.54) is 25.7 Å². The maximum atomic E-state index is 12.1. The van der Waals surface area contributed by atoms with Crippen molar-refractivity contribution in [2.24, 2.45) is 5.41 Å². The summed E-state index contributed by atoms with van der Waals surface area (Å²) >= 11 is 0. The monoisotopic (exact) mass is 277 g/mol. The molecule has 1 aromatic heterocycles. The van der Waals surface area contributed by atoms with Gasteiger partial charge in [-0.3, -0.25) is 9.48 Å². The normalized spacial score (nSPS) is 27.4. The molecule has 0 saturated heterocycles. The van der Waals surface area contributed by atoms with Crippen LogP contribution in [0.5, 0.6) is 0 Å². The molecule has 20 heavy (non-hydrogen) atoms. The van der Waals surface area contributed by atoms with Crippen molar-refractivity contribution in [3.8, 4) is 0 Å². The van der Waals surface area contributed by atoms with Crippen molar-refractivity contribution in [3.05, 3.63) is 18.5 Å². The number of ether oxygens (including phenoxy) is 1. The molecule has 2 aliphatic rings. The van der Waals surface area contributed by atoms with Crippen LogP contribution in [0, 0.1) is 5.41 Å². The Morgan fingerprint density at radius 3 is 2.95 bits per heavy atom. The van der Waals surface area contributed by atoms with Crippen LogP contribution in [0.15, 0.2) is 18.5 Å². The predicted octanol–water partition coefficient (Wildman–Crippen LogP) is 1.74. The highest BCUT2D eigenvalue weighted by Crippen LogP contribution is 2.54. The quantitative estimate of drug-likeness (QED) is 0.892. The van der Waals surface area contributed by atoms with Crippen LogP contribution in [0.4, 0.5) is 0 Å². The number of amides is 1. The summed E-state index contributed by atoms with van der Waals surface area (Å²) in [5.41, 5.74) is 0.204. The van der Waals surface area contributed by atoms with E-state index in [0.29, 0.717) is 12.6 Å². The van der Waals surface area contributed by atoms with Crippen LogP contribution < -0.4 is 5.32 Å². The fraction of sp³-hybridized carbons (Fsp3) is 0.733. The maximum Gasteiger partial charge on any atom is 0.241 e.